The van der Waals surface area contributed by atoms with Crippen LogP contribution in [0, 0.1) is 6.92 Å². The van der Waals surface area contributed by atoms with Gasteiger partial charge in [-0.1, -0.05) is 47.6 Å². The maximum absolute atomic E-state index is 2.26. The van der Waals surface area contributed by atoms with Crippen LogP contribution in [0.15, 0.2) is 35.9 Å². The number of aryl methyl sites for hydroxylation is 2. The van der Waals surface area contributed by atoms with Gasteiger partial charge >= 0.3 is 0 Å². The van der Waals surface area contributed by atoms with Crippen LogP contribution in [-0.2, 0) is 6.42 Å². The number of benzene rings is 1. The Balaban J connectivity index is 0.00000112. The van der Waals surface area contributed by atoms with Crippen molar-refractivity contribution in [1.82, 2.24) is 0 Å². The summed E-state index contributed by atoms with van der Waals surface area (Å²) in [6, 6.07) is 6.72. The third kappa shape index (κ3) is 2.80. The number of rotatable bonds is 0. The summed E-state index contributed by atoms with van der Waals surface area (Å²) in [4.78, 5) is 0. The molecule has 0 aromatic heterocycles. The molecule has 0 amide bonds. The van der Waals surface area contributed by atoms with E-state index in [0.29, 0.717) is 0 Å². The average molecular weight is 202 g/mol. The van der Waals surface area contributed by atoms with E-state index in [-0.39, 0.29) is 5.48 Å². The first-order chi connectivity index (χ1) is 6.75. The van der Waals surface area contributed by atoms with Gasteiger partial charge in [0, 0.05) is 0 Å². The molecule has 0 saturated heterocycles. The number of allylic oxidation sites excluding steroid dienone is 3. The first kappa shape index (κ1) is 11.7. The first-order valence-corrected chi connectivity index (χ1v) is 5.19. The molecule has 0 heterocycles. The van der Waals surface area contributed by atoms with Crippen LogP contribution >= 0.6 is 0 Å². The smallest absolute Gasteiger partial charge is 0.0222 e. The quantitative estimate of drug-likeness (QED) is 0.619. The van der Waals surface area contributed by atoms with Crippen molar-refractivity contribution >= 4 is 6.08 Å². The van der Waals surface area contributed by atoms with Gasteiger partial charge in [-0.2, -0.15) is 0 Å². The van der Waals surface area contributed by atoms with E-state index in [2.05, 4.69) is 50.3 Å². The average Bonchev–Trinajstić information content (AvgIpc) is 2.13. The van der Waals surface area contributed by atoms with Crippen LogP contribution in [0.3, 0.4) is 0 Å². The summed E-state index contributed by atoms with van der Waals surface area (Å²) in [6.45, 7) is 4.34. The molecule has 0 aliphatic heterocycles. The maximum Gasteiger partial charge on any atom is -0.0222 e. The summed E-state index contributed by atoms with van der Waals surface area (Å²) >= 11 is 0. The predicted octanol–water partition coefficient (Wildman–Crippen LogP) is 3.08. The largest absolute Gasteiger partial charge is 0.412 e. The highest BCUT2D eigenvalue weighted by atomic mass is 16.0. The lowest BCUT2D eigenvalue weighted by molar-refractivity contribution is 0.824. The van der Waals surface area contributed by atoms with Crippen molar-refractivity contribution in [1.29, 1.82) is 0 Å². The van der Waals surface area contributed by atoms with Gasteiger partial charge in [0.15, 0.2) is 0 Å². The van der Waals surface area contributed by atoms with Gasteiger partial charge < -0.3 is 5.48 Å². The van der Waals surface area contributed by atoms with Gasteiger partial charge in [-0.15, -0.1) is 0 Å². The second-order valence-electron chi connectivity index (χ2n) is 4.07. The number of hydrogen-bond acceptors (Lipinski definition) is 0. The van der Waals surface area contributed by atoms with Crippen molar-refractivity contribution in [3.8, 4) is 0 Å². The Hall–Kier alpha value is -1.34. The van der Waals surface area contributed by atoms with Crippen LogP contribution in [-0.4, -0.2) is 5.48 Å². The molecule has 1 nitrogen and oxygen atoms in total. The molecule has 0 spiro atoms. The maximum atomic E-state index is 2.26. The van der Waals surface area contributed by atoms with Crippen molar-refractivity contribution in [2.45, 2.75) is 26.7 Å². The van der Waals surface area contributed by atoms with E-state index in [9.17, 15) is 0 Å². The van der Waals surface area contributed by atoms with E-state index in [0.717, 1.165) is 0 Å². The molecule has 0 saturated carbocycles. The van der Waals surface area contributed by atoms with Crippen LogP contribution in [0.4, 0.5) is 0 Å². The fourth-order valence-electron chi connectivity index (χ4n) is 1.83. The van der Waals surface area contributed by atoms with Gasteiger partial charge in [0.05, 0.1) is 0 Å². The summed E-state index contributed by atoms with van der Waals surface area (Å²) in [7, 11) is 0. The van der Waals surface area contributed by atoms with Gasteiger partial charge in [-0.25, -0.2) is 0 Å². The second-order valence-corrected chi connectivity index (χ2v) is 4.07. The highest BCUT2D eigenvalue weighted by Gasteiger charge is 2.02. The zero-order valence-electron chi connectivity index (χ0n) is 9.38. The van der Waals surface area contributed by atoms with E-state index >= 15 is 0 Å². The van der Waals surface area contributed by atoms with Gasteiger partial charge in [0.1, 0.15) is 0 Å². The topological polar surface area (TPSA) is 31.5 Å². The Morgan fingerprint density at radius 1 is 1.07 bits per heavy atom. The van der Waals surface area contributed by atoms with Crippen LogP contribution in [0.5, 0.6) is 0 Å². The summed E-state index contributed by atoms with van der Waals surface area (Å²) in [5.74, 6) is 0. The van der Waals surface area contributed by atoms with Crippen molar-refractivity contribution in [3.05, 3.63) is 52.6 Å². The first-order valence-electron chi connectivity index (χ1n) is 5.19. The van der Waals surface area contributed by atoms with Gasteiger partial charge in [0.2, 0.25) is 0 Å². The molecule has 0 bridgehead atoms. The molecule has 0 radical (unpaired) electrons. The molecule has 15 heavy (non-hydrogen) atoms. The van der Waals surface area contributed by atoms with E-state index in [1.54, 1.807) is 0 Å². The van der Waals surface area contributed by atoms with Crippen LogP contribution in [0.25, 0.3) is 6.08 Å². The lowest BCUT2D eigenvalue weighted by Gasteiger charge is -2.09. The van der Waals surface area contributed by atoms with Crippen LogP contribution < -0.4 is 0 Å². The molecular weight excluding hydrogens is 184 g/mol. The zero-order chi connectivity index (χ0) is 9.97. The SMILES string of the molecule is CC1=C/C=C\c2cc(C)ccc2CC1.O. The third-order valence-corrected chi connectivity index (χ3v) is 2.75. The van der Waals surface area contributed by atoms with E-state index in [4.69, 9.17) is 0 Å². The number of fused-ring (bicyclic) bond motifs is 1. The zero-order valence-corrected chi connectivity index (χ0v) is 9.38. The lowest BCUT2D eigenvalue weighted by Crippen LogP contribution is -1.93. The summed E-state index contributed by atoms with van der Waals surface area (Å²) in [5, 5.41) is 0. The van der Waals surface area contributed by atoms with E-state index < -0.39 is 0 Å². The molecule has 0 atom stereocenters. The lowest BCUT2D eigenvalue weighted by atomic mass is 9.96. The molecule has 80 valence electrons. The fraction of sp³-hybridized carbons (Fsp3) is 0.286. The van der Waals surface area contributed by atoms with Crippen LogP contribution in [0.1, 0.15) is 30.0 Å². The molecule has 2 rings (SSSR count). The Morgan fingerprint density at radius 2 is 1.87 bits per heavy atom. The van der Waals surface area contributed by atoms with Crippen molar-refractivity contribution in [3.63, 3.8) is 0 Å². The van der Waals surface area contributed by atoms with Crippen molar-refractivity contribution in [2.24, 2.45) is 0 Å². The molecule has 1 aromatic rings. The molecular formula is C14H18O. The molecule has 1 aliphatic rings. The molecule has 1 heteroatoms. The minimum absolute atomic E-state index is 0. The van der Waals surface area contributed by atoms with Gasteiger partial charge in [0.25, 0.3) is 0 Å². The molecule has 2 N–H and O–H groups in total. The predicted molar refractivity (Wildman–Crippen MR) is 65.9 cm³/mol. The molecule has 0 fully saturated rings. The third-order valence-electron chi connectivity index (χ3n) is 2.75. The van der Waals surface area contributed by atoms with Crippen molar-refractivity contribution in [2.75, 3.05) is 0 Å². The molecule has 0 unspecified atom stereocenters. The van der Waals surface area contributed by atoms with Gasteiger partial charge in [-0.05, 0) is 37.8 Å². The summed E-state index contributed by atoms with van der Waals surface area (Å²) in [5.41, 5.74) is 5.66. The van der Waals surface area contributed by atoms with Crippen molar-refractivity contribution < 1.29 is 5.48 Å². The van der Waals surface area contributed by atoms with E-state index in [1.807, 2.05) is 0 Å². The summed E-state index contributed by atoms with van der Waals surface area (Å²) < 4.78 is 0. The normalized spacial score (nSPS) is 16.5. The monoisotopic (exact) mass is 202 g/mol. The Kier molecular flexibility index (Phi) is 3.87. The molecule has 1 aromatic carbocycles. The highest BCUT2D eigenvalue weighted by molar-refractivity contribution is 5.57. The fourth-order valence-corrected chi connectivity index (χ4v) is 1.83. The van der Waals surface area contributed by atoms with Crippen LogP contribution in [0.2, 0.25) is 0 Å². The minimum Gasteiger partial charge on any atom is -0.412 e. The Bertz CT molecular complexity index is 400. The molecule has 1 aliphatic carbocycles. The Labute approximate surface area is 91.4 Å². The summed E-state index contributed by atoms with van der Waals surface area (Å²) in [6.07, 6.45) is 8.94. The van der Waals surface area contributed by atoms with Gasteiger partial charge in [-0.3, -0.25) is 0 Å². The number of hydrogen-bond donors (Lipinski definition) is 0. The highest BCUT2D eigenvalue weighted by Crippen LogP contribution is 2.19. The second kappa shape index (κ2) is 4.94. The van der Waals surface area contributed by atoms with E-state index in [1.165, 1.54) is 35.1 Å². The Morgan fingerprint density at radius 3 is 2.67 bits per heavy atom. The minimum atomic E-state index is 0. The standard InChI is InChI=1S/C14H16.H2O/c1-11-4-3-5-14-10-12(2)7-9-13(14)8-6-11;/h3-5,7,9-10H,6,8H2,1-2H3;1H2/b5-3-,11-4?;.